The monoisotopic (exact) mass is 703 g/mol. The normalized spacial score (nSPS) is 19.3. The van der Waals surface area contributed by atoms with E-state index in [0.717, 1.165) is 37.2 Å². The molecule has 0 radical (unpaired) electrons. The van der Waals surface area contributed by atoms with Crippen molar-refractivity contribution in [2.24, 2.45) is 23.7 Å². The third-order valence-electron chi connectivity index (χ3n) is 10.3. The van der Waals surface area contributed by atoms with Crippen molar-refractivity contribution < 1.29 is 23.9 Å². The molecule has 0 aromatic heterocycles. The summed E-state index contributed by atoms with van der Waals surface area (Å²) in [4.78, 5) is 45.6. The number of nitrogens with zero attached hydrogens (tertiary/aromatic N) is 2. The summed E-state index contributed by atoms with van der Waals surface area (Å²) >= 11 is 5.82. The van der Waals surface area contributed by atoms with Gasteiger partial charge < -0.3 is 25.0 Å². The average molecular weight is 704 g/mol. The Bertz CT molecular complexity index is 1180. The molecule has 0 spiro atoms. The second kappa shape index (κ2) is 21.0. The maximum atomic E-state index is 14.2. The molecule has 1 aromatic rings. The Morgan fingerprint density at radius 2 is 1.65 bits per heavy atom. The Hall–Kier alpha value is -2.44. The highest BCUT2D eigenvalue weighted by Gasteiger charge is 2.43. The fourth-order valence-electron chi connectivity index (χ4n) is 7.51. The largest absolute Gasteiger partial charge is 0.379 e. The van der Waals surface area contributed by atoms with Gasteiger partial charge in [-0.2, -0.15) is 0 Å². The van der Waals surface area contributed by atoms with E-state index in [0.29, 0.717) is 6.54 Å². The van der Waals surface area contributed by atoms with Crippen LogP contribution in [0.4, 0.5) is 0 Å². The van der Waals surface area contributed by atoms with Gasteiger partial charge in [-0.15, -0.1) is 0 Å². The van der Waals surface area contributed by atoms with Gasteiger partial charge in [0, 0.05) is 39.3 Å². The average Bonchev–Trinajstić information content (AvgIpc) is 3.54. The van der Waals surface area contributed by atoms with E-state index in [1.54, 1.807) is 21.3 Å². The lowest BCUT2D eigenvalue weighted by Crippen LogP contribution is -2.60. The molecule has 1 aromatic carbocycles. The predicted octanol–water partition coefficient (Wildman–Crippen LogP) is 4.45. The zero-order chi connectivity index (χ0) is 36.8. The molecule has 10 nitrogen and oxygen atoms in total. The Morgan fingerprint density at radius 1 is 1.00 bits per heavy atom. The number of thiocarbonyl (C=S) groups is 1. The van der Waals surface area contributed by atoms with Gasteiger partial charge in [0.2, 0.25) is 17.7 Å². The summed E-state index contributed by atoms with van der Waals surface area (Å²) in [5.41, 5.74) is 1.25. The number of likely N-dealkylation sites (tertiary alicyclic amines) is 1. The molecule has 1 fully saturated rings. The van der Waals surface area contributed by atoms with Gasteiger partial charge in [-0.3, -0.25) is 24.6 Å². The highest BCUT2D eigenvalue weighted by atomic mass is 32.1. The number of nitrogens with one attached hydrogen (secondary N) is 3. The summed E-state index contributed by atoms with van der Waals surface area (Å²) < 4.78 is 12.1. The van der Waals surface area contributed by atoms with Crippen molar-refractivity contribution in [1.82, 2.24) is 25.8 Å². The van der Waals surface area contributed by atoms with Gasteiger partial charge in [0.1, 0.15) is 0 Å². The van der Waals surface area contributed by atoms with E-state index in [1.165, 1.54) is 5.56 Å². The van der Waals surface area contributed by atoms with Crippen molar-refractivity contribution >= 4 is 34.9 Å². The van der Waals surface area contributed by atoms with E-state index in [-0.39, 0.29) is 66.0 Å². The number of benzene rings is 1. The first-order valence-electron chi connectivity index (χ1n) is 18.1. The lowest BCUT2D eigenvalue weighted by Gasteiger charge is -2.43. The molecule has 49 heavy (non-hydrogen) atoms. The molecule has 0 unspecified atom stereocenters. The number of hydrogen-bond acceptors (Lipinski definition) is 8. The fraction of sp³-hybridized carbons (Fsp3) is 0.737. The van der Waals surface area contributed by atoms with Crippen LogP contribution in [0.5, 0.6) is 0 Å². The Balaban J connectivity index is 2.21. The first kappa shape index (κ1) is 42.7. The quantitative estimate of drug-likeness (QED) is 0.170. The van der Waals surface area contributed by atoms with E-state index in [2.05, 4.69) is 48.9 Å². The van der Waals surface area contributed by atoms with Crippen LogP contribution in [0.1, 0.15) is 79.7 Å². The number of hydrogen-bond donors (Lipinski definition) is 3. The topological polar surface area (TPSA) is 112 Å². The molecule has 2 rings (SSSR count). The Morgan fingerprint density at radius 3 is 2.18 bits per heavy atom. The van der Waals surface area contributed by atoms with Crippen molar-refractivity contribution in [2.45, 2.75) is 117 Å². The van der Waals surface area contributed by atoms with Gasteiger partial charge >= 0.3 is 0 Å². The summed E-state index contributed by atoms with van der Waals surface area (Å²) in [5, 5.41) is 9.10. The van der Waals surface area contributed by atoms with Crippen molar-refractivity contribution in [3.63, 3.8) is 0 Å². The van der Waals surface area contributed by atoms with Crippen LogP contribution in [0, 0.1) is 23.7 Å². The van der Waals surface area contributed by atoms with Crippen molar-refractivity contribution in [1.29, 1.82) is 0 Å². The van der Waals surface area contributed by atoms with Crippen LogP contribution < -0.4 is 16.0 Å². The molecule has 0 saturated carbocycles. The molecule has 11 heteroatoms. The highest BCUT2D eigenvalue weighted by Crippen LogP contribution is 2.30. The number of rotatable bonds is 20. The van der Waals surface area contributed by atoms with Crippen molar-refractivity contribution in [2.75, 3.05) is 41.4 Å². The highest BCUT2D eigenvalue weighted by molar-refractivity contribution is 7.80. The summed E-state index contributed by atoms with van der Waals surface area (Å²) in [7, 11) is 6.96. The van der Waals surface area contributed by atoms with Gasteiger partial charge in [0.15, 0.2) is 0 Å². The minimum Gasteiger partial charge on any atom is -0.379 e. The molecular formula is C38H65N5O5S. The Kier molecular flexibility index (Phi) is 18.4. The number of amides is 3. The van der Waals surface area contributed by atoms with Crippen LogP contribution in [0.2, 0.25) is 0 Å². The van der Waals surface area contributed by atoms with Gasteiger partial charge in [0.25, 0.3) is 0 Å². The third kappa shape index (κ3) is 11.8. The number of methoxy groups -OCH3 is 2. The van der Waals surface area contributed by atoms with Crippen LogP contribution in [0.15, 0.2) is 30.3 Å². The second-order valence-corrected chi connectivity index (χ2v) is 14.8. The van der Waals surface area contributed by atoms with Crippen LogP contribution in [-0.2, 0) is 30.3 Å². The molecule has 1 aliphatic heterocycles. The fourth-order valence-corrected chi connectivity index (χ4v) is 7.75. The molecule has 1 heterocycles. The Labute approximate surface area is 301 Å². The van der Waals surface area contributed by atoms with E-state index >= 15 is 0 Å². The summed E-state index contributed by atoms with van der Waals surface area (Å²) in [6, 6.07) is 8.85. The molecule has 3 N–H and O–H groups in total. The maximum Gasteiger partial charge on any atom is 0.244 e. The summed E-state index contributed by atoms with van der Waals surface area (Å²) in [5.74, 6) is -0.738. The summed E-state index contributed by atoms with van der Waals surface area (Å²) in [6.07, 6.45) is 2.85. The molecule has 278 valence electrons. The number of carbonyl (C=O) groups is 3. The lowest BCUT2D eigenvalue weighted by atomic mass is 9.88. The minimum atomic E-state index is -0.603. The molecular weight excluding hydrogens is 639 g/mol. The molecule has 1 aliphatic rings. The third-order valence-corrected chi connectivity index (χ3v) is 10.9. The molecule has 1 saturated heterocycles. The number of likely N-dealkylation sites (N-methyl/N-ethyl adjacent to an activating group) is 2. The number of ether oxygens (including phenoxy) is 2. The van der Waals surface area contributed by atoms with Gasteiger partial charge in [-0.05, 0) is 56.7 Å². The van der Waals surface area contributed by atoms with E-state index in [1.807, 2.05) is 62.7 Å². The molecule has 8 atom stereocenters. The molecule has 0 bridgehead atoms. The van der Waals surface area contributed by atoms with Gasteiger partial charge in [0.05, 0.1) is 41.7 Å². The zero-order valence-electron chi connectivity index (χ0n) is 32.0. The zero-order valence-corrected chi connectivity index (χ0v) is 32.8. The molecule has 3 amide bonds. The van der Waals surface area contributed by atoms with E-state index in [4.69, 9.17) is 21.7 Å². The SMILES string of the molecule is CC[C@H](C)[C@@H]([C@@H](CC(=O)N1CCC[C@H]1[C@H](OC)[C@@H](C)C(=S)NCCc1ccccc1)OC)N(C)[C@H](C(=O)NC(=O)[C@@H](NC)C(C)C)C(C)C. The summed E-state index contributed by atoms with van der Waals surface area (Å²) in [6.45, 7) is 15.5. The first-order chi connectivity index (χ1) is 23.2. The maximum absolute atomic E-state index is 14.2. The minimum absolute atomic E-state index is 0.00257. The van der Waals surface area contributed by atoms with Crippen LogP contribution in [-0.4, -0.2) is 110 Å². The standard InChI is InChI=1S/C38H65N5O5S/c1-12-26(6)34(42(9)33(25(4)5)37(46)41-36(45)32(39-8)24(2)3)30(47-10)23-31(44)43-22-16-19-29(43)35(48-11)27(7)38(49)40-21-20-28-17-14-13-15-18-28/h13-15,17-18,24-27,29-30,32-35,39H,12,16,19-23H2,1-11H3,(H,40,49)(H,41,45,46)/t26-,27+,29-,30+,32-,33-,34-,35+/m0/s1. The van der Waals surface area contributed by atoms with Crippen molar-refractivity contribution in [3.05, 3.63) is 35.9 Å². The van der Waals surface area contributed by atoms with Crippen LogP contribution in [0.3, 0.4) is 0 Å². The second-order valence-electron chi connectivity index (χ2n) is 14.4. The van der Waals surface area contributed by atoms with E-state index < -0.39 is 18.2 Å². The molecule has 0 aliphatic carbocycles. The lowest BCUT2D eigenvalue weighted by molar-refractivity contribution is -0.141. The van der Waals surface area contributed by atoms with Crippen LogP contribution >= 0.6 is 12.2 Å². The van der Waals surface area contributed by atoms with Gasteiger partial charge in [-0.25, -0.2) is 0 Å². The first-order valence-corrected chi connectivity index (χ1v) is 18.5. The smallest absolute Gasteiger partial charge is 0.244 e. The number of imide groups is 1. The number of carbonyl (C=O) groups excluding carboxylic acids is 3. The van der Waals surface area contributed by atoms with Crippen LogP contribution in [0.25, 0.3) is 0 Å². The predicted molar refractivity (Wildman–Crippen MR) is 201 cm³/mol. The van der Waals surface area contributed by atoms with E-state index in [9.17, 15) is 14.4 Å². The van der Waals surface area contributed by atoms with Crippen molar-refractivity contribution in [3.8, 4) is 0 Å². The van der Waals surface area contributed by atoms with Gasteiger partial charge in [-0.1, -0.05) is 97.4 Å².